The van der Waals surface area contributed by atoms with Crippen LogP contribution in [0, 0.1) is 0 Å². The second kappa shape index (κ2) is 5.74. The molecule has 0 saturated heterocycles. The summed E-state index contributed by atoms with van der Waals surface area (Å²) in [6, 6.07) is 0. The minimum Gasteiger partial charge on any atom is -0.389 e. The first kappa shape index (κ1) is 11.2. The molecule has 5 nitrogen and oxygen atoms in total. The van der Waals surface area contributed by atoms with Gasteiger partial charge in [0.2, 0.25) is 0 Å². The highest BCUT2D eigenvalue weighted by Crippen LogP contribution is 2.06. The Kier molecular flexibility index (Phi) is 4.58. The first-order valence-corrected chi connectivity index (χ1v) is 4.48. The van der Waals surface area contributed by atoms with Crippen molar-refractivity contribution in [3.63, 3.8) is 0 Å². The number of aliphatic hydroxyl groups is 1. The molecule has 1 unspecified atom stereocenters. The largest absolute Gasteiger partial charge is 0.389 e. The Labute approximate surface area is 87.1 Å². The van der Waals surface area contributed by atoms with E-state index in [1.165, 1.54) is 19.5 Å². The lowest BCUT2D eigenvalue weighted by Gasteiger charge is -2.10. The highest BCUT2D eigenvalue weighted by molar-refractivity contribution is 6.29. The highest BCUT2D eigenvalue weighted by atomic mass is 35.5. The number of rotatable bonds is 5. The monoisotopic (exact) mass is 217 g/mol. The van der Waals surface area contributed by atoms with E-state index in [1.807, 2.05) is 0 Å². The second-order valence-electron chi connectivity index (χ2n) is 2.72. The van der Waals surface area contributed by atoms with Crippen LogP contribution in [0.4, 0.5) is 5.82 Å². The number of aliphatic hydroxyl groups excluding tert-OH is 1. The third-order valence-corrected chi connectivity index (χ3v) is 1.67. The van der Waals surface area contributed by atoms with E-state index in [0.29, 0.717) is 17.5 Å². The number of nitrogens with one attached hydrogen (secondary N) is 1. The minimum absolute atomic E-state index is 0.279. The molecule has 0 radical (unpaired) electrons. The van der Waals surface area contributed by atoms with Crippen LogP contribution in [0.2, 0.25) is 5.15 Å². The van der Waals surface area contributed by atoms with Crippen molar-refractivity contribution in [3.8, 4) is 0 Å². The normalized spacial score (nSPS) is 12.5. The van der Waals surface area contributed by atoms with Crippen LogP contribution in [-0.2, 0) is 4.74 Å². The summed E-state index contributed by atoms with van der Waals surface area (Å²) in [5.74, 6) is 0.535. The number of ether oxygens (including phenoxy) is 1. The predicted octanol–water partition coefficient (Wildman–Crippen LogP) is 0.549. The van der Waals surface area contributed by atoms with E-state index < -0.39 is 6.10 Å². The number of methoxy groups -OCH3 is 1. The van der Waals surface area contributed by atoms with Crippen LogP contribution in [0.25, 0.3) is 0 Å². The molecule has 1 aromatic rings. The summed E-state index contributed by atoms with van der Waals surface area (Å²) in [6.07, 6.45) is 2.41. The first-order valence-electron chi connectivity index (χ1n) is 4.11. The van der Waals surface area contributed by atoms with Crippen molar-refractivity contribution in [2.24, 2.45) is 0 Å². The van der Waals surface area contributed by atoms with Crippen LogP contribution in [0.3, 0.4) is 0 Å². The zero-order chi connectivity index (χ0) is 10.4. The number of hydrogen-bond acceptors (Lipinski definition) is 5. The Hall–Kier alpha value is -0.910. The first-order chi connectivity index (χ1) is 6.72. The molecule has 0 aliphatic heterocycles. The molecule has 2 N–H and O–H groups in total. The van der Waals surface area contributed by atoms with E-state index in [4.69, 9.17) is 16.3 Å². The molecule has 1 atom stereocenters. The van der Waals surface area contributed by atoms with Crippen LogP contribution < -0.4 is 5.32 Å². The van der Waals surface area contributed by atoms with Gasteiger partial charge in [-0.15, -0.1) is 0 Å². The number of nitrogens with zero attached hydrogens (tertiary/aromatic N) is 2. The molecule has 0 bridgehead atoms. The van der Waals surface area contributed by atoms with E-state index in [-0.39, 0.29) is 6.61 Å². The number of halogens is 1. The molecule has 14 heavy (non-hydrogen) atoms. The van der Waals surface area contributed by atoms with E-state index >= 15 is 0 Å². The van der Waals surface area contributed by atoms with Gasteiger partial charge in [0.05, 0.1) is 25.1 Å². The average Bonchev–Trinajstić information content (AvgIpc) is 2.15. The minimum atomic E-state index is -0.569. The fraction of sp³-hybridized carbons (Fsp3) is 0.500. The molecule has 1 rings (SSSR count). The summed E-state index contributed by atoms with van der Waals surface area (Å²) in [5.41, 5.74) is 0. The summed E-state index contributed by atoms with van der Waals surface area (Å²) in [4.78, 5) is 7.78. The molecule has 0 aliphatic carbocycles. The molecule has 1 aromatic heterocycles. The lowest BCUT2D eigenvalue weighted by Crippen LogP contribution is -2.24. The van der Waals surface area contributed by atoms with E-state index in [2.05, 4.69) is 15.3 Å². The Bertz CT molecular complexity index is 285. The highest BCUT2D eigenvalue weighted by Gasteiger charge is 2.03. The van der Waals surface area contributed by atoms with Crippen LogP contribution >= 0.6 is 11.6 Å². The number of anilines is 1. The molecule has 6 heteroatoms. The van der Waals surface area contributed by atoms with Gasteiger partial charge < -0.3 is 15.2 Å². The molecule has 0 saturated carbocycles. The third-order valence-electron chi connectivity index (χ3n) is 1.48. The maximum atomic E-state index is 9.31. The van der Waals surface area contributed by atoms with Crippen LogP contribution in [-0.4, -0.2) is 41.4 Å². The fourth-order valence-corrected chi connectivity index (χ4v) is 1.05. The van der Waals surface area contributed by atoms with Crippen molar-refractivity contribution in [1.82, 2.24) is 9.97 Å². The number of hydrogen-bond donors (Lipinski definition) is 2. The molecule has 0 spiro atoms. The van der Waals surface area contributed by atoms with Crippen molar-refractivity contribution in [3.05, 3.63) is 17.5 Å². The SMILES string of the molecule is COCC(O)CNc1cncc(Cl)n1. The summed E-state index contributed by atoms with van der Waals surface area (Å²) in [5, 5.41) is 12.5. The molecule has 0 aromatic carbocycles. The van der Waals surface area contributed by atoms with Crippen molar-refractivity contribution >= 4 is 17.4 Å². The lowest BCUT2D eigenvalue weighted by atomic mass is 10.4. The van der Waals surface area contributed by atoms with Crippen molar-refractivity contribution in [2.45, 2.75) is 6.10 Å². The van der Waals surface area contributed by atoms with Gasteiger partial charge in [-0.3, -0.25) is 4.98 Å². The van der Waals surface area contributed by atoms with E-state index in [0.717, 1.165) is 0 Å². The Balaban J connectivity index is 2.37. The van der Waals surface area contributed by atoms with Crippen LogP contribution in [0.1, 0.15) is 0 Å². The average molecular weight is 218 g/mol. The van der Waals surface area contributed by atoms with Gasteiger partial charge in [0, 0.05) is 13.7 Å². The third kappa shape index (κ3) is 3.87. The van der Waals surface area contributed by atoms with Crippen LogP contribution in [0.5, 0.6) is 0 Å². The van der Waals surface area contributed by atoms with Gasteiger partial charge in [-0.2, -0.15) is 0 Å². The van der Waals surface area contributed by atoms with Gasteiger partial charge in [0.15, 0.2) is 0 Å². The zero-order valence-electron chi connectivity index (χ0n) is 7.77. The smallest absolute Gasteiger partial charge is 0.149 e. The molecular weight excluding hydrogens is 206 g/mol. The molecule has 0 aliphatic rings. The fourth-order valence-electron chi connectivity index (χ4n) is 0.901. The predicted molar refractivity (Wildman–Crippen MR) is 53.4 cm³/mol. The summed E-state index contributed by atoms with van der Waals surface area (Å²) in [6.45, 7) is 0.629. The van der Waals surface area contributed by atoms with Gasteiger partial charge in [-0.05, 0) is 0 Å². The van der Waals surface area contributed by atoms with Gasteiger partial charge in [-0.1, -0.05) is 11.6 Å². The van der Waals surface area contributed by atoms with Crippen molar-refractivity contribution in [1.29, 1.82) is 0 Å². The lowest BCUT2D eigenvalue weighted by molar-refractivity contribution is 0.0727. The standard InChI is InChI=1S/C8H12ClN3O2/c1-14-5-6(13)2-11-8-4-10-3-7(9)12-8/h3-4,6,13H,2,5H2,1H3,(H,11,12). The molecular formula is C8H12ClN3O2. The van der Waals surface area contributed by atoms with Crippen LogP contribution in [0.15, 0.2) is 12.4 Å². The van der Waals surface area contributed by atoms with Gasteiger partial charge in [0.1, 0.15) is 11.0 Å². The van der Waals surface area contributed by atoms with Crippen molar-refractivity contribution in [2.75, 3.05) is 25.6 Å². The van der Waals surface area contributed by atoms with Gasteiger partial charge >= 0.3 is 0 Å². The second-order valence-corrected chi connectivity index (χ2v) is 3.10. The topological polar surface area (TPSA) is 67.3 Å². The Morgan fingerprint density at radius 2 is 2.43 bits per heavy atom. The zero-order valence-corrected chi connectivity index (χ0v) is 8.53. The molecule has 1 heterocycles. The van der Waals surface area contributed by atoms with Crippen molar-refractivity contribution < 1.29 is 9.84 Å². The van der Waals surface area contributed by atoms with Gasteiger partial charge in [0.25, 0.3) is 0 Å². The summed E-state index contributed by atoms with van der Waals surface area (Å²) < 4.78 is 4.76. The maximum absolute atomic E-state index is 9.31. The summed E-state index contributed by atoms with van der Waals surface area (Å²) >= 11 is 5.62. The van der Waals surface area contributed by atoms with Gasteiger partial charge in [-0.25, -0.2) is 4.98 Å². The summed E-state index contributed by atoms with van der Waals surface area (Å²) in [7, 11) is 1.53. The maximum Gasteiger partial charge on any atom is 0.149 e. The number of aromatic nitrogens is 2. The molecule has 78 valence electrons. The molecule has 0 fully saturated rings. The Morgan fingerprint density at radius 1 is 1.64 bits per heavy atom. The Morgan fingerprint density at radius 3 is 3.07 bits per heavy atom. The van der Waals surface area contributed by atoms with E-state index in [1.54, 1.807) is 0 Å². The quantitative estimate of drug-likeness (QED) is 0.754. The van der Waals surface area contributed by atoms with E-state index in [9.17, 15) is 5.11 Å². The molecule has 0 amide bonds.